The van der Waals surface area contributed by atoms with Crippen LogP contribution in [0.1, 0.15) is 62.8 Å². The second kappa shape index (κ2) is 14.4. The molecule has 0 unspecified atom stereocenters. The van der Waals surface area contributed by atoms with Gasteiger partial charge < -0.3 is 14.8 Å². The number of hydrogen-bond donors (Lipinski definition) is 2. The molecule has 3 aromatic rings. The molecule has 2 amide bonds. The van der Waals surface area contributed by atoms with E-state index in [-0.39, 0.29) is 35.4 Å². The fraction of sp³-hybridized carbons (Fsp3) is 0.425. The minimum absolute atomic E-state index is 0.0331. The Kier molecular flexibility index (Phi) is 9.86. The molecular weight excluding hydrogens is 613 g/mol. The minimum Gasteiger partial charge on any atom is -0.507 e. The number of phenols is 1. The number of piperidine rings is 1. The number of amides is 2. The standard InChI is InChI=1S/C40H46BN3O5/c1-26(2)31-23-32-38(40(47)44(39(32)46)30-17-20-43(21-18-30)25-27-10-4-3-5-11-27)33-24-41(48)49-36(37(31)33)16-15-28(34-13-8-9-19-42-34)22-29-12-6-7-14-35(29)45/h3-14,19,22,26,30,32-33,36,38,45,48H,15-18,20-21,23-25H2,1-2H3/b28-22-/t32-,33+,36-,38-/m1/s1. The fourth-order valence-corrected chi connectivity index (χ4v) is 8.72. The molecule has 49 heavy (non-hydrogen) atoms. The van der Waals surface area contributed by atoms with E-state index in [4.69, 9.17) is 4.65 Å². The van der Waals surface area contributed by atoms with E-state index in [0.29, 0.717) is 31.1 Å². The third-order valence-corrected chi connectivity index (χ3v) is 11.1. The summed E-state index contributed by atoms with van der Waals surface area (Å²) in [6, 6.07) is 23.3. The number of aromatic hydroxyl groups is 1. The molecule has 4 heterocycles. The number of benzene rings is 2. The van der Waals surface area contributed by atoms with Crippen molar-refractivity contribution >= 4 is 30.6 Å². The van der Waals surface area contributed by atoms with Crippen LogP contribution in [0.5, 0.6) is 5.75 Å². The van der Waals surface area contributed by atoms with E-state index in [0.717, 1.165) is 49.3 Å². The first-order chi connectivity index (χ1) is 23.8. The average Bonchev–Trinajstić information content (AvgIpc) is 3.36. The van der Waals surface area contributed by atoms with E-state index in [9.17, 15) is 19.7 Å². The number of imide groups is 1. The Balaban J connectivity index is 1.12. The number of carbonyl (C=O) groups is 2. The molecule has 9 heteroatoms. The molecule has 0 spiro atoms. The molecule has 1 aromatic heterocycles. The fourth-order valence-electron chi connectivity index (χ4n) is 8.72. The number of fused-ring (bicyclic) bond motifs is 3. The highest BCUT2D eigenvalue weighted by Crippen LogP contribution is 2.52. The van der Waals surface area contributed by atoms with Crippen LogP contribution in [-0.4, -0.2) is 69.1 Å². The number of likely N-dealkylation sites (tertiary alicyclic amines) is 2. The maximum absolute atomic E-state index is 14.4. The Hall–Kier alpha value is -4.05. The van der Waals surface area contributed by atoms with Crippen LogP contribution in [0, 0.1) is 23.7 Å². The molecule has 2 aromatic carbocycles. The summed E-state index contributed by atoms with van der Waals surface area (Å²) in [5.41, 5.74) is 6.02. The molecule has 7 rings (SSSR count). The first-order valence-corrected chi connectivity index (χ1v) is 17.9. The van der Waals surface area contributed by atoms with Gasteiger partial charge in [0.1, 0.15) is 5.75 Å². The highest BCUT2D eigenvalue weighted by Gasteiger charge is 2.58. The van der Waals surface area contributed by atoms with E-state index in [1.54, 1.807) is 23.2 Å². The Morgan fingerprint density at radius 3 is 2.43 bits per heavy atom. The van der Waals surface area contributed by atoms with Gasteiger partial charge in [-0.05, 0) is 91.2 Å². The largest absolute Gasteiger partial charge is 0.507 e. The molecule has 8 nitrogen and oxygen atoms in total. The van der Waals surface area contributed by atoms with E-state index >= 15 is 0 Å². The van der Waals surface area contributed by atoms with Crippen LogP contribution in [-0.2, 0) is 20.8 Å². The number of hydrogen-bond acceptors (Lipinski definition) is 7. The smallest absolute Gasteiger partial charge is 0.455 e. The van der Waals surface area contributed by atoms with Crippen molar-refractivity contribution in [2.75, 3.05) is 13.1 Å². The molecule has 1 aliphatic carbocycles. The molecule has 2 N–H and O–H groups in total. The summed E-state index contributed by atoms with van der Waals surface area (Å²) in [6.45, 7) is 6.87. The van der Waals surface area contributed by atoms with E-state index < -0.39 is 25.1 Å². The number of aromatic nitrogens is 1. The van der Waals surface area contributed by atoms with Gasteiger partial charge in [0.25, 0.3) is 0 Å². The highest BCUT2D eigenvalue weighted by atomic mass is 16.5. The van der Waals surface area contributed by atoms with Crippen LogP contribution in [0.3, 0.4) is 0 Å². The number of phenolic OH excluding ortho intramolecular Hbond substituents is 1. The van der Waals surface area contributed by atoms with Gasteiger partial charge in [0, 0.05) is 37.4 Å². The van der Waals surface area contributed by atoms with Gasteiger partial charge in [-0.25, -0.2) is 0 Å². The van der Waals surface area contributed by atoms with Crippen molar-refractivity contribution in [2.24, 2.45) is 23.7 Å². The Labute approximate surface area is 289 Å². The topological polar surface area (TPSA) is 103 Å². The van der Waals surface area contributed by atoms with Crippen LogP contribution in [0.25, 0.3) is 11.6 Å². The van der Waals surface area contributed by atoms with Gasteiger partial charge in [0.05, 0.1) is 23.6 Å². The molecule has 0 radical (unpaired) electrons. The molecule has 4 atom stereocenters. The maximum atomic E-state index is 14.4. The first-order valence-electron chi connectivity index (χ1n) is 17.9. The zero-order valence-corrected chi connectivity index (χ0v) is 28.4. The van der Waals surface area contributed by atoms with E-state index in [2.05, 4.69) is 48.0 Å². The number of nitrogens with zero attached hydrogens (tertiary/aromatic N) is 3. The maximum Gasteiger partial charge on any atom is 0.455 e. The van der Waals surface area contributed by atoms with Gasteiger partial charge in [0.2, 0.25) is 11.8 Å². The summed E-state index contributed by atoms with van der Waals surface area (Å²) in [5.74, 6) is -0.843. The highest BCUT2D eigenvalue weighted by molar-refractivity contribution is 6.43. The second-order valence-electron chi connectivity index (χ2n) is 14.4. The van der Waals surface area contributed by atoms with Gasteiger partial charge in [0.15, 0.2) is 0 Å². The van der Waals surface area contributed by atoms with E-state index in [1.807, 2.05) is 42.5 Å². The zero-order chi connectivity index (χ0) is 34.1. The lowest BCUT2D eigenvalue weighted by Crippen LogP contribution is -2.48. The Morgan fingerprint density at radius 2 is 1.71 bits per heavy atom. The Bertz CT molecular complexity index is 1720. The number of pyridine rings is 1. The van der Waals surface area contributed by atoms with Crippen molar-refractivity contribution in [1.29, 1.82) is 0 Å². The van der Waals surface area contributed by atoms with Gasteiger partial charge in [-0.3, -0.25) is 24.4 Å². The summed E-state index contributed by atoms with van der Waals surface area (Å²) in [5, 5.41) is 21.6. The summed E-state index contributed by atoms with van der Waals surface area (Å²) in [4.78, 5) is 37.1. The zero-order valence-electron chi connectivity index (χ0n) is 28.4. The van der Waals surface area contributed by atoms with Gasteiger partial charge in [-0.1, -0.05) is 74.0 Å². The van der Waals surface area contributed by atoms with Gasteiger partial charge in [-0.15, -0.1) is 0 Å². The predicted molar refractivity (Wildman–Crippen MR) is 191 cm³/mol. The molecule has 3 fully saturated rings. The van der Waals surface area contributed by atoms with Gasteiger partial charge in [-0.2, -0.15) is 0 Å². The summed E-state index contributed by atoms with van der Waals surface area (Å²) >= 11 is 0. The quantitative estimate of drug-likeness (QED) is 0.160. The summed E-state index contributed by atoms with van der Waals surface area (Å²) in [7, 11) is -1.02. The molecule has 254 valence electrons. The van der Waals surface area contributed by atoms with Crippen LogP contribution < -0.4 is 0 Å². The van der Waals surface area contributed by atoms with E-state index in [1.165, 1.54) is 11.1 Å². The minimum atomic E-state index is -1.02. The second-order valence-corrected chi connectivity index (χ2v) is 14.4. The van der Waals surface area contributed by atoms with Crippen molar-refractivity contribution in [3.8, 4) is 5.75 Å². The molecule has 0 saturated carbocycles. The summed E-state index contributed by atoms with van der Waals surface area (Å²) < 4.78 is 6.30. The van der Waals surface area contributed by atoms with Crippen LogP contribution in [0.4, 0.5) is 0 Å². The van der Waals surface area contributed by atoms with Gasteiger partial charge >= 0.3 is 7.12 Å². The summed E-state index contributed by atoms with van der Waals surface area (Å²) in [6.07, 6.45) is 6.89. The lowest BCUT2D eigenvalue weighted by Gasteiger charge is -2.44. The van der Waals surface area contributed by atoms with Crippen LogP contribution >= 0.6 is 0 Å². The lowest BCUT2D eigenvalue weighted by atomic mass is 9.57. The van der Waals surface area contributed by atoms with Crippen molar-refractivity contribution in [1.82, 2.24) is 14.8 Å². The number of allylic oxidation sites excluding steroid dienone is 2. The van der Waals surface area contributed by atoms with Crippen molar-refractivity contribution in [3.63, 3.8) is 0 Å². The van der Waals surface area contributed by atoms with Crippen molar-refractivity contribution in [2.45, 2.75) is 71.0 Å². The van der Waals surface area contributed by atoms with Crippen molar-refractivity contribution in [3.05, 3.63) is 107 Å². The number of rotatable bonds is 9. The molecule has 3 aliphatic heterocycles. The first kappa shape index (κ1) is 33.5. The van der Waals surface area contributed by atoms with Crippen LogP contribution in [0.2, 0.25) is 6.32 Å². The average molecular weight is 660 g/mol. The monoisotopic (exact) mass is 659 g/mol. The van der Waals surface area contributed by atoms with Crippen molar-refractivity contribution < 1.29 is 24.4 Å². The molecular formula is C40H46BN3O5. The lowest BCUT2D eigenvalue weighted by molar-refractivity contribution is -0.144. The number of carbonyl (C=O) groups excluding carboxylic acids is 2. The third-order valence-electron chi connectivity index (χ3n) is 11.1. The SMILES string of the molecule is CC(C)C1=C2[C@@H](CC/C(=C/c3ccccc3O)c3ccccn3)OB(O)C[C@@H]2[C@@H]2C(=O)N(C3CCN(Cc4ccccc4)CC3)C(=O)[C@@H]2C1. The normalized spacial score (nSPS) is 25.3. The molecule has 3 saturated heterocycles. The third kappa shape index (κ3) is 6.89. The molecule has 0 bridgehead atoms. The Morgan fingerprint density at radius 1 is 0.980 bits per heavy atom. The predicted octanol–water partition coefficient (Wildman–Crippen LogP) is 6.23. The molecule has 4 aliphatic rings. The van der Waals surface area contributed by atoms with Crippen LogP contribution in [0.15, 0.2) is 90.1 Å². The number of para-hydroxylation sites is 1.